The van der Waals surface area contributed by atoms with Crippen molar-refractivity contribution < 1.29 is 9.18 Å². The molecule has 1 amide bonds. The molecular weight excluding hydrogens is 425 g/mol. The average Bonchev–Trinajstić information content (AvgIpc) is 3.40. The maximum atomic E-state index is 13.3. The summed E-state index contributed by atoms with van der Waals surface area (Å²) in [6.07, 6.45) is 10.4. The van der Waals surface area contributed by atoms with E-state index in [4.69, 9.17) is 0 Å². The van der Waals surface area contributed by atoms with Crippen molar-refractivity contribution in [1.29, 1.82) is 0 Å². The fraction of sp³-hybridized carbons (Fsp3) is 0.250. The molecule has 0 aliphatic rings. The molecule has 0 saturated heterocycles. The van der Waals surface area contributed by atoms with E-state index in [1.165, 1.54) is 24.3 Å². The van der Waals surface area contributed by atoms with Crippen molar-refractivity contribution in [3.05, 3.63) is 76.6 Å². The van der Waals surface area contributed by atoms with Crippen molar-refractivity contribution in [2.45, 2.75) is 19.9 Å². The monoisotopic (exact) mass is 453 g/mol. The number of nitrogens with one attached hydrogen (secondary N) is 3. The molecule has 1 atom stereocenters. The number of aromatic nitrogens is 2. The van der Waals surface area contributed by atoms with E-state index < -0.39 is 0 Å². The number of amides is 1. The first-order valence-corrected chi connectivity index (χ1v) is 11.2. The van der Waals surface area contributed by atoms with Crippen LogP contribution in [-0.2, 0) is 0 Å². The summed E-state index contributed by atoms with van der Waals surface area (Å²) in [6, 6.07) is 5.40. The third kappa shape index (κ3) is 5.93. The van der Waals surface area contributed by atoms with Gasteiger partial charge in [0, 0.05) is 24.3 Å². The summed E-state index contributed by atoms with van der Waals surface area (Å²) in [4.78, 5) is 23.2. The molecule has 0 aromatic carbocycles. The van der Waals surface area contributed by atoms with Gasteiger partial charge in [0.1, 0.15) is 10.5 Å². The number of carbonyl (C=O) groups is 1. The normalized spacial score (nSPS) is 13.8. The summed E-state index contributed by atoms with van der Waals surface area (Å²) in [5.74, 6) is -0.481. The van der Waals surface area contributed by atoms with Gasteiger partial charge in [-0.3, -0.25) is 4.79 Å². The number of hydrogen-bond donors (Lipinski definition) is 3. The van der Waals surface area contributed by atoms with Gasteiger partial charge in [0.25, 0.3) is 5.91 Å². The molecule has 3 aromatic heterocycles. The number of nitrogens with zero attached hydrogens (tertiary/aromatic N) is 2. The number of allylic oxidation sites excluding steroid dienone is 4. The Morgan fingerprint density at radius 2 is 2.09 bits per heavy atom. The van der Waals surface area contributed by atoms with E-state index in [2.05, 4.69) is 20.6 Å². The van der Waals surface area contributed by atoms with Crippen LogP contribution in [0.4, 0.5) is 15.8 Å². The second-order valence-corrected chi connectivity index (χ2v) is 8.51. The number of halogens is 1. The highest BCUT2D eigenvalue weighted by Crippen LogP contribution is 2.29. The summed E-state index contributed by atoms with van der Waals surface area (Å²) in [5, 5.41) is 9.31. The largest absolute Gasteiger partial charge is 0.354 e. The first-order valence-electron chi connectivity index (χ1n) is 10.3. The fourth-order valence-corrected chi connectivity index (χ4v) is 4.07. The molecule has 0 aliphatic heterocycles. The molecule has 0 radical (unpaired) electrons. The van der Waals surface area contributed by atoms with E-state index >= 15 is 0 Å². The molecule has 0 saturated carbocycles. The molecule has 168 valence electrons. The third-order valence-electron chi connectivity index (χ3n) is 4.72. The third-order valence-corrected chi connectivity index (χ3v) is 5.63. The molecule has 0 fully saturated rings. The van der Waals surface area contributed by atoms with Gasteiger partial charge >= 0.3 is 0 Å². The molecule has 1 unspecified atom stereocenters. The zero-order valence-electron chi connectivity index (χ0n) is 18.6. The van der Waals surface area contributed by atoms with Gasteiger partial charge in [0.2, 0.25) is 0 Å². The van der Waals surface area contributed by atoms with E-state index in [1.807, 2.05) is 67.8 Å². The van der Waals surface area contributed by atoms with Gasteiger partial charge in [-0.15, -0.1) is 11.3 Å². The minimum Gasteiger partial charge on any atom is -0.354 e. The number of fused-ring (bicyclic) bond motifs is 1. The Morgan fingerprint density at radius 1 is 1.28 bits per heavy atom. The molecule has 3 aromatic rings. The van der Waals surface area contributed by atoms with Gasteiger partial charge in [-0.2, -0.15) is 0 Å². The van der Waals surface area contributed by atoms with Crippen LogP contribution in [0.1, 0.15) is 23.5 Å². The number of anilines is 2. The quantitative estimate of drug-likeness (QED) is 0.379. The number of pyridine rings is 1. The zero-order valence-corrected chi connectivity index (χ0v) is 19.5. The van der Waals surface area contributed by atoms with E-state index in [9.17, 15) is 9.18 Å². The van der Waals surface area contributed by atoms with Crippen LogP contribution in [0.5, 0.6) is 0 Å². The van der Waals surface area contributed by atoms with Crippen LogP contribution in [0, 0.1) is 0 Å². The summed E-state index contributed by atoms with van der Waals surface area (Å²) >= 11 is 1.37. The molecule has 0 spiro atoms. The Balaban J connectivity index is 1.86. The zero-order chi connectivity index (χ0) is 23.1. The summed E-state index contributed by atoms with van der Waals surface area (Å²) in [7, 11) is 3.87. The Morgan fingerprint density at radius 3 is 2.81 bits per heavy atom. The van der Waals surface area contributed by atoms with E-state index in [0.717, 1.165) is 28.0 Å². The lowest BCUT2D eigenvalue weighted by Gasteiger charge is -2.23. The maximum Gasteiger partial charge on any atom is 0.264 e. The number of H-pyrrole nitrogens is 1. The lowest BCUT2D eigenvalue weighted by Crippen LogP contribution is -2.42. The Kier molecular flexibility index (Phi) is 7.97. The first-order chi connectivity index (χ1) is 15.4. The van der Waals surface area contributed by atoms with Gasteiger partial charge in [-0.1, -0.05) is 18.2 Å². The Bertz CT molecular complexity index is 1150. The number of likely N-dealkylation sites (N-methyl/N-ethyl adjacent to an activating group) is 1. The predicted molar refractivity (Wildman–Crippen MR) is 131 cm³/mol. The van der Waals surface area contributed by atoms with Gasteiger partial charge in [0.15, 0.2) is 0 Å². The summed E-state index contributed by atoms with van der Waals surface area (Å²) < 4.78 is 13.3. The van der Waals surface area contributed by atoms with Crippen molar-refractivity contribution in [1.82, 2.24) is 20.2 Å². The SMILES string of the molecule is C\C=C/C(=C\C=C(/C)F)C(CN(C)C)NC(=O)c1sccc1Nc1ccnc2[nH]ccc12. The minimum atomic E-state index is -0.309. The van der Waals surface area contributed by atoms with Crippen LogP contribution in [-0.4, -0.2) is 47.5 Å². The molecule has 6 nitrogen and oxygen atoms in total. The Hall–Kier alpha value is -3.23. The average molecular weight is 454 g/mol. The molecular formula is C24H28FN5OS. The highest BCUT2D eigenvalue weighted by Gasteiger charge is 2.21. The highest BCUT2D eigenvalue weighted by molar-refractivity contribution is 7.12. The Labute approximate surface area is 191 Å². The van der Waals surface area contributed by atoms with Crippen LogP contribution in [0.25, 0.3) is 11.0 Å². The van der Waals surface area contributed by atoms with E-state index in [0.29, 0.717) is 11.4 Å². The minimum absolute atomic E-state index is 0.190. The molecule has 3 rings (SSSR count). The number of aromatic amines is 1. The second-order valence-electron chi connectivity index (χ2n) is 7.60. The number of thiophene rings is 1. The summed E-state index contributed by atoms with van der Waals surface area (Å²) in [6.45, 7) is 3.86. The number of hydrogen-bond acceptors (Lipinski definition) is 5. The number of rotatable bonds is 9. The van der Waals surface area contributed by atoms with Gasteiger partial charge in [-0.25, -0.2) is 9.37 Å². The van der Waals surface area contributed by atoms with Crippen LogP contribution in [0.15, 0.2) is 71.7 Å². The van der Waals surface area contributed by atoms with Crippen LogP contribution in [0.3, 0.4) is 0 Å². The highest BCUT2D eigenvalue weighted by atomic mass is 32.1. The van der Waals surface area contributed by atoms with Gasteiger partial charge in [0.05, 0.1) is 23.2 Å². The van der Waals surface area contributed by atoms with Gasteiger partial charge in [-0.05, 0) is 63.2 Å². The van der Waals surface area contributed by atoms with E-state index in [-0.39, 0.29) is 17.8 Å². The van der Waals surface area contributed by atoms with Crippen molar-refractivity contribution in [3.63, 3.8) is 0 Å². The maximum absolute atomic E-state index is 13.3. The number of carbonyl (C=O) groups excluding carboxylic acids is 1. The molecule has 32 heavy (non-hydrogen) atoms. The topological polar surface area (TPSA) is 73.1 Å². The molecule has 8 heteroatoms. The van der Waals surface area contributed by atoms with Crippen molar-refractivity contribution in [2.75, 3.05) is 26.0 Å². The molecule has 3 N–H and O–H groups in total. The fourth-order valence-electron chi connectivity index (χ4n) is 3.31. The predicted octanol–water partition coefficient (Wildman–Crippen LogP) is 5.40. The lowest BCUT2D eigenvalue weighted by molar-refractivity contribution is 0.0943. The van der Waals surface area contributed by atoms with Crippen LogP contribution < -0.4 is 10.6 Å². The second kappa shape index (κ2) is 10.9. The van der Waals surface area contributed by atoms with Gasteiger partial charge < -0.3 is 20.5 Å². The first kappa shape index (κ1) is 23.4. The lowest BCUT2D eigenvalue weighted by atomic mass is 10.0. The van der Waals surface area contributed by atoms with Crippen molar-refractivity contribution in [3.8, 4) is 0 Å². The smallest absolute Gasteiger partial charge is 0.264 e. The standard InChI is InChI=1S/C24H28FN5OS/c1-5-6-17(8-7-16(2)25)21(15-30(3)4)29-24(31)22-20(11-14-32-22)28-19-10-13-27-23-18(19)9-12-26-23/h5-14,21H,15H2,1-4H3,(H,29,31)(H2,26,27,28)/b6-5-,16-7+,17-8+. The van der Waals surface area contributed by atoms with Crippen molar-refractivity contribution >= 4 is 39.7 Å². The van der Waals surface area contributed by atoms with Crippen LogP contribution in [0.2, 0.25) is 0 Å². The summed E-state index contributed by atoms with van der Waals surface area (Å²) in [5.41, 5.74) is 3.19. The van der Waals surface area contributed by atoms with E-state index in [1.54, 1.807) is 12.3 Å². The molecule has 0 aliphatic carbocycles. The molecule has 3 heterocycles. The molecule has 0 bridgehead atoms. The van der Waals surface area contributed by atoms with Crippen molar-refractivity contribution in [2.24, 2.45) is 0 Å². The van der Waals surface area contributed by atoms with Crippen LogP contribution >= 0.6 is 11.3 Å².